The van der Waals surface area contributed by atoms with Crippen molar-refractivity contribution in [3.63, 3.8) is 0 Å². The number of carbonyl (C=O) groups excluding carboxylic acids is 1. The summed E-state index contributed by atoms with van der Waals surface area (Å²) in [5, 5.41) is 6.66. The van der Waals surface area contributed by atoms with Crippen molar-refractivity contribution in [1.29, 1.82) is 0 Å². The molecule has 2 atom stereocenters. The van der Waals surface area contributed by atoms with Gasteiger partial charge in [0.25, 0.3) is 0 Å². The van der Waals surface area contributed by atoms with Gasteiger partial charge in [0.1, 0.15) is 6.10 Å². The summed E-state index contributed by atoms with van der Waals surface area (Å²) in [6.07, 6.45) is 13.9. The maximum absolute atomic E-state index is 12.4. The zero-order valence-corrected chi connectivity index (χ0v) is 23.8. The first-order valence-corrected chi connectivity index (χ1v) is 15.3. The van der Waals surface area contributed by atoms with E-state index in [1.807, 2.05) is 20.8 Å². The van der Waals surface area contributed by atoms with Crippen LogP contribution < -0.4 is 10.6 Å². The Balaban J connectivity index is 1.35. The number of hydrogen-bond donors (Lipinski definition) is 2. The average Bonchev–Trinajstić information content (AvgIpc) is 3.37. The molecule has 0 radical (unpaired) electrons. The molecule has 1 saturated heterocycles. The molecule has 38 heavy (non-hydrogen) atoms. The first kappa shape index (κ1) is 27.2. The number of nitrogens with one attached hydrogen (secondary N) is 2. The van der Waals surface area contributed by atoms with Crippen LogP contribution in [0.3, 0.4) is 0 Å². The smallest absolute Gasteiger partial charge is 0.407 e. The van der Waals surface area contributed by atoms with Crippen LogP contribution in [0, 0.1) is 0 Å². The van der Waals surface area contributed by atoms with Gasteiger partial charge in [-0.15, -0.1) is 0 Å². The lowest BCUT2D eigenvalue weighted by Gasteiger charge is -2.28. The number of ether oxygens (including phenoxy) is 1. The third kappa shape index (κ3) is 7.00. The number of hydrogen-bond acceptors (Lipinski definition) is 3. The predicted molar refractivity (Wildman–Crippen MR) is 156 cm³/mol. The van der Waals surface area contributed by atoms with E-state index in [4.69, 9.17) is 4.74 Å². The fourth-order valence-electron chi connectivity index (χ4n) is 7.04. The summed E-state index contributed by atoms with van der Waals surface area (Å²) < 4.78 is 5.82. The summed E-state index contributed by atoms with van der Waals surface area (Å²) in [5.41, 5.74) is 5.41. The third-order valence-electron chi connectivity index (χ3n) is 9.02. The van der Waals surface area contributed by atoms with Gasteiger partial charge in [0.05, 0.1) is 0 Å². The van der Waals surface area contributed by atoms with E-state index >= 15 is 0 Å². The van der Waals surface area contributed by atoms with Gasteiger partial charge in [-0.2, -0.15) is 0 Å². The van der Waals surface area contributed by atoms with Crippen molar-refractivity contribution in [2.45, 2.75) is 127 Å². The Kier molecular flexibility index (Phi) is 8.77. The van der Waals surface area contributed by atoms with Crippen LogP contribution in [0.4, 0.5) is 4.79 Å². The molecule has 1 amide bonds. The van der Waals surface area contributed by atoms with Crippen LogP contribution in [0.2, 0.25) is 0 Å². The Morgan fingerprint density at radius 3 is 1.71 bits per heavy atom. The van der Waals surface area contributed by atoms with E-state index in [2.05, 4.69) is 59.2 Å². The second-order valence-electron chi connectivity index (χ2n) is 13.1. The molecule has 1 aliphatic heterocycles. The Morgan fingerprint density at radius 2 is 1.26 bits per heavy atom. The molecule has 0 bridgehead atoms. The molecule has 3 fully saturated rings. The molecule has 1 heterocycles. The number of alkyl carbamates (subject to hydrolysis) is 1. The Morgan fingerprint density at radius 1 is 0.789 bits per heavy atom. The molecule has 3 aliphatic rings. The largest absolute Gasteiger partial charge is 0.445 e. The normalized spacial score (nSPS) is 23.5. The van der Waals surface area contributed by atoms with Gasteiger partial charge >= 0.3 is 6.09 Å². The molecule has 0 spiro atoms. The minimum atomic E-state index is -0.324. The monoisotopic (exact) mass is 516 g/mol. The molecule has 2 aromatic rings. The van der Waals surface area contributed by atoms with Crippen molar-refractivity contribution in [1.82, 2.24) is 10.6 Å². The van der Waals surface area contributed by atoms with Crippen LogP contribution in [0.25, 0.3) is 0 Å². The molecule has 4 heteroatoms. The van der Waals surface area contributed by atoms with Crippen LogP contribution in [0.1, 0.15) is 131 Å². The van der Waals surface area contributed by atoms with E-state index in [9.17, 15) is 4.79 Å². The quantitative estimate of drug-likeness (QED) is 0.407. The van der Waals surface area contributed by atoms with E-state index in [1.165, 1.54) is 86.5 Å². The van der Waals surface area contributed by atoms with Crippen LogP contribution in [-0.4, -0.2) is 30.3 Å². The maximum Gasteiger partial charge on any atom is 0.407 e. The summed E-state index contributed by atoms with van der Waals surface area (Å²) >= 11 is 0. The van der Waals surface area contributed by atoms with Gasteiger partial charge < -0.3 is 15.4 Å². The van der Waals surface area contributed by atoms with E-state index in [0.717, 1.165) is 18.3 Å². The number of amides is 1. The van der Waals surface area contributed by atoms with Gasteiger partial charge in [-0.1, -0.05) is 87.1 Å². The second kappa shape index (κ2) is 12.2. The summed E-state index contributed by atoms with van der Waals surface area (Å²) in [5.74, 6) is 1.67. The molecule has 4 nitrogen and oxygen atoms in total. The number of benzene rings is 2. The average molecular weight is 517 g/mol. The number of rotatable bonds is 6. The molecule has 2 N–H and O–H groups in total. The highest BCUT2D eigenvalue weighted by atomic mass is 16.6. The third-order valence-corrected chi connectivity index (χ3v) is 9.02. The molecular formula is C34H48N2O2. The van der Waals surface area contributed by atoms with Crippen molar-refractivity contribution in [2.24, 2.45) is 0 Å². The van der Waals surface area contributed by atoms with Gasteiger partial charge in [0, 0.05) is 30.5 Å². The van der Waals surface area contributed by atoms with Gasteiger partial charge in [-0.05, 0) is 80.5 Å². The van der Waals surface area contributed by atoms with Crippen LogP contribution in [0.15, 0.2) is 48.5 Å². The molecule has 2 aromatic carbocycles. The first-order valence-electron chi connectivity index (χ1n) is 15.3. The number of carbonyl (C=O) groups is 1. The standard InChI is InChI=1S/C34H48N2O2/c1-34(2,3)36-33(37)38-30-22-31(35-23-30)32(28-18-14-26(15-19-28)24-10-6-4-7-11-24)29-20-16-27(17-21-29)25-12-8-5-9-13-25/h14-21,24-25,30-32,35H,4-13,22-23H2,1-3H3,(H,36,37)/t30-,31-/m1/s1. The van der Waals surface area contributed by atoms with Gasteiger partial charge in [0.15, 0.2) is 0 Å². The van der Waals surface area contributed by atoms with Crippen molar-refractivity contribution < 1.29 is 9.53 Å². The van der Waals surface area contributed by atoms with Gasteiger partial charge in [0.2, 0.25) is 0 Å². The van der Waals surface area contributed by atoms with Gasteiger partial charge in [-0.25, -0.2) is 4.79 Å². The lowest BCUT2D eigenvalue weighted by Crippen LogP contribution is -2.42. The van der Waals surface area contributed by atoms with E-state index in [0.29, 0.717) is 6.54 Å². The fourth-order valence-corrected chi connectivity index (χ4v) is 7.04. The van der Waals surface area contributed by atoms with Crippen LogP contribution in [-0.2, 0) is 4.74 Å². The Hall–Kier alpha value is -2.33. The maximum atomic E-state index is 12.4. The lowest BCUT2D eigenvalue weighted by atomic mass is 9.79. The first-order chi connectivity index (χ1) is 18.4. The molecule has 206 valence electrons. The molecule has 5 rings (SSSR count). The van der Waals surface area contributed by atoms with E-state index < -0.39 is 0 Å². The molecule has 2 saturated carbocycles. The minimum Gasteiger partial charge on any atom is -0.445 e. The van der Waals surface area contributed by atoms with Crippen molar-refractivity contribution >= 4 is 6.09 Å². The second-order valence-corrected chi connectivity index (χ2v) is 13.1. The Labute approximate surface area is 230 Å². The van der Waals surface area contributed by atoms with Crippen molar-refractivity contribution in [2.75, 3.05) is 6.54 Å². The molecular weight excluding hydrogens is 468 g/mol. The topological polar surface area (TPSA) is 50.4 Å². The zero-order valence-electron chi connectivity index (χ0n) is 23.8. The Bertz CT molecular complexity index is 966. The zero-order chi connectivity index (χ0) is 26.5. The van der Waals surface area contributed by atoms with Gasteiger partial charge in [-0.3, -0.25) is 0 Å². The molecule has 2 aliphatic carbocycles. The van der Waals surface area contributed by atoms with Crippen LogP contribution >= 0.6 is 0 Å². The molecule has 0 unspecified atom stereocenters. The van der Waals surface area contributed by atoms with Crippen molar-refractivity contribution in [3.05, 3.63) is 70.8 Å². The predicted octanol–water partition coefficient (Wildman–Crippen LogP) is 8.17. The van der Waals surface area contributed by atoms with E-state index in [-0.39, 0.29) is 29.7 Å². The van der Waals surface area contributed by atoms with Crippen LogP contribution in [0.5, 0.6) is 0 Å². The summed E-state index contributed by atoms with van der Waals surface area (Å²) in [4.78, 5) is 12.4. The highest BCUT2D eigenvalue weighted by Crippen LogP contribution is 2.38. The SMILES string of the molecule is CC(C)(C)NC(=O)O[C@H]1CN[C@@H](C(c2ccc(C3CCCCC3)cc2)c2ccc(C3CCCCC3)cc2)C1. The fraction of sp³-hybridized carbons (Fsp3) is 0.618. The van der Waals surface area contributed by atoms with E-state index in [1.54, 1.807) is 0 Å². The minimum absolute atomic E-state index is 0.118. The summed E-state index contributed by atoms with van der Waals surface area (Å²) in [6.45, 7) is 6.63. The molecule has 0 aromatic heterocycles. The van der Waals surface area contributed by atoms with Crippen molar-refractivity contribution in [3.8, 4) is 0 Å². The highest BCUT2D eigenvalue weighted by molar-refractivity contribution is 5.68. The summed E-state index contributed by atoms with van der Waals surface area (Å²) in [7, 11) is 0. The summed E-state index contributed by atoms with van der Waals surface area (Å²) in [6, 6.07) is 19.2. The highest BCUT2D eigenvalue weighted by Gasteiger charge is 2.35. The lowest BCUT2D eigenvalue weighted by molar-refractivity contribution is 0.0989.